The van der Waals surface area contributed by atoms with Gasteiger partial charge in [0.15, 0.2) is 0 Å². The van der Waals surface area contributed by atoms with Crippen molar-refractivity contribution in [2.45, 2.75) is 32.7 Å². The number of nitrogens with zero attached hydrogens (tertiary/aromatic N) is 5. The molecule has 1 fully saturated rings. The minimum absolute atomic E-state index is 0.160. The maximum Gasteiger partial charge on any atom is 0.224 e. The van der Waals surface area contributed by atoms with Crippen molar-refractivity contribution in [2.24, 2.45) is 0 Å². The van der Waals surface area contributed by atoms with Gasteiger partial charge in [-0.1, -0.05) is 29.8 Å². The summed E-state index contributed by atoms with van der Waals surface area (Å²) in [5, 5.41) is 1.54. The van der Waals surface area contributed by atoms with Crippen LogP contribution in [-0.4, -0.2) is 58.9 Å². The number of benzene rings is 2. The lowest BCUT2D eigenvalue weighted by atomic mass is 10.1. The maximum atomic E-state index is 13.1. The lowest BCUT2D eigenvalue weighted by Gasteiger charge is -2.36. The van der Waals surface area contributed by atoms with Gasteiger partial charge in [-0.05, 0) is 49.7 Å². The van der Waals surface area contributed by atoms with E-state index < -0.39 is 0 Å². The monoisotopic (exact) mass is 501 g/mol. The molecule has 1 amide bonds. The van der Waals surface area contributed by atoms with Crippen molar-refractivity contribution < 1.29 is 9.18 Å². The highest BCUT2D eigenvalue weighted by molar-refractivity contribution is 7.09. The Morgan fingerprint density at radius 1 is 1.15 bits per heavy atom. The van der Waals surface area contributed by atoms with Crippen LogP contribution in [0, 0.1) is 5.82 Å². The Bertz CT molecular complexity index is 1100. The van der Waals surface area contributed by atoms with Gasteiger partial charge in [-0.2, -0.15) is 4.37 Å². The van der Waals surface area contributed by atoms with Gasteiger partial charge in [-0.25, -0.2) is 9.37 Å². The molecule has 34 heavy (non-hydrogen) atoms. The molecule has 2 aromatic carbocycles. The van der Waals surface area contributed by atoms with Crippen molar-refractivity contribution >= 4 is 39.9 Å². The predicted molar refractivity (Wildman–Crippen MR) is 136 cm³/mol. The molecule has 1 aliphatic rings. The van der Waals surface area contributed by atoms with Gasteiger partial charge in [0.05, 0.1) is 0 Å². The minimum atomic E-state index is -0.253. The zero-order valence-electron chi connectivity index (χ0n) is 19.5. The SMILES string of the molecule is CC(C)N(CCC(=O)N1CCN(c2cccc(Cl)c2)CC1)c1nc(Cc2ccc(F)cc2)ns1. The molecule has 0 unspecified atom stereocenters. The molecule has 0 bridgehead atoms. The first-order valence-corrected chi connectivity index (χ1v) is 12.7. The first kappa shape index (κ1) is 24.4. The summed E-state index contributed by atoms with van der Waals surface area (Å²) in [7, 11) is 0. The molecule has 1 saturated heterocycles. The fraction of sp³-hybridized carbons (Fsp3) is 0.400. The summed E-state index contributed by atoms with van der Waals surface area (Å²) in [6, 6.07) is 14.4. The van der Waals surface area contributed by atoms with Gasteiger partial charge >= 0.3 is 0 Å². The van der Waals surface area contributed by atoms with Gasteiger partial charge in [0.25, 0.3) is 0 Å². The summed E-state index contributed by atoms with van der Waals surface area (Å²) in [5.41, 5.74) is 2.06. The number of halogens is 2. The molecule has 4 rings (SSSR count). The highest BCUT2D eigenvalue weighted by Gasteiger charge is 2.23. The van der Waals surface area contributed by atoms with Crippen LogP contribution >= 0.6 is 23.1 Å². The molecular formula is C25H29ClFN5OS. The molecule has 0 radical (unpaired) electrons. The third-order valence-electron chi connectivity index (χ3n) is 5.97. The van der Waals surface area contributed by atoms with Crippen molar-refractivity contribution in [1.29, 1.82) is 0 Å². The van der Waals surface area contributed by atoms with Gasteiger partial charge in [0, 0.05) is 73.8 Å². The van der Waals surface area contributed by atoms with Crippen LogP contribution in [0.25, 0.3) is 0 Å². The van der Waals surface area contributed by atoms with E-state index in [1.54, 1.807) is 12.1 Å². The van der Waals surface area contributed by atoms with E-state index in [2.05, 4.69) is 39.1 Å². The summed E-state index contributed by atoms with van der Waals surface area (Å²) in [5.74, 6) is 0.616. The Morgan fingerprint density at radius 3 is 2.56 bits per heavy atom. The fourth-order valence-electron chi connectivity index (χ4n) is 4.05. The van der Waals surface area contributed by atoms with E-state index in [1.165, 1.54) is 23.7 Å². The van der Waals surface area contributed by atoms with Gasteiger partial charge in [-0.3, -0.25) is 4.79 Å². The minimum Gasteiger partial charge on any atom is -0.368 e. The molecule has 3 aromatic rings. The third-order valence-corrected chi connectivity index (χ3v) is 7.00. The molecule has 0 atom stereocenters. The van der Waals surface area contributed by atoms with Crippen molar-refractivity contribution in [1.82, 2.24) is 14.3 Å². The second-order valence-electron chi connectivity index (χ2n) is 8.68. The number of hydrogen-bond acceptors (Lipinski definition) is 6. The van der Waals surface area contributed by atoms with Crippen molar-refractivity contribution in [3.8, 4) is 0 Å². The van der Waals surface area contributed by atoms with E-state index in [-0.39, 0.29) is 17.8 Å². The van der Waals surface area contributed by atoms with Crippen molar-refractivity contribution in [3.63, 3.8) is 0 Å². The van der Waals surface area contributed by atoms with E-state index in [0.29, 0.717) is 38.3 Å². The zero-order chi connectivity index (χ0) is 24.1. The molecule has 0 N–H and O–H groups in total. The summed E-state index contributed by atoms with van der Waals surface area (Å²) < 4.78 is 17.6. The van der Waals surface area contributed by atoms with E-state index >= 15 is 0 Å². The van der Waals surface area contributed by atoms with Gasteiger partial charge in [0.2, 0.25) is 11.0 Å². The molecule has 6 nitrogen and oxygen atoms in total. The van der Waals surface area contributed by atoms with Crippen LogP contribution < -0.4 is 9.80 Å². The quantitative estimate of drug-likeness (QED) is 0.440. The average molecular weight is 502 g/mol. The molecule has 9 heteroatoms. The number of rotatable bonds is 8. The summed E-state index contributed by atoms with van der Waals surface area (Å²) >= 11 is 7.46. The molecule has 0 spiro atoms. The first-order valence-electron chi connectivity index (χ1n) is 11.5. The lowest BCUT2D eigenvalue weighted by Crippen LogP contribution is -2.49. The standard InChI is InChI=1S/C25H29ClFN5OS/c1-18(2)32(25-28-23(29-34-25)16-19-6-8-21(27)9-7-19)11-10-24(33)31-14-12-30(13-15-31)22-5-3-4-20(26)17-22/h3-9,17-18H,10-16H2,1-2H3. The van der Waals surface area contributed by atoms with E-state index in [9.17, 15) is 9.18 Å². The number of hydrogen-bond donors (Lipinski definition) is 0. The van der Waals surface area contributed by atoms with Crippen LogP contribution in [0.2, 0.25) is 5.02 Å². The van der Waals surface area contributed by atoms with Crippen LogP contribution in [0.15, 0.2) is 48.5 Å². The largest absolute Gasteiger partial charge is 0.368 e. The van der Waals surface area contributed by atoms with Gasteiger partial charge < -0.3 is 14.7 Å². The summed E-state index contributed by atoms with van der Waals surface area (Å²) in [4.78, 5) is 24.0. The predicted octanol–water partition coefficient (Wildman–Crippen LogP) is 4.88. The maximum absolute atomic E-state index is 13.1. The van der Waals surface area contributed by atoms with E-state index in [1.807, 2.05) is 23.1 Å². The zero-order valence-corrected chi connectivity index (χ0v) is 21.0. The first-order chi connectivity index (χ1) is 16.4. The molecule has 0 saturated carbocycles. The van der Waals surface area contributed by atoms with Crippen LogP contribution in [0.1, 0.15) is 31.7 Å². The highest BCUT2D eigenvalue weighted by atomic mass is 35.5. The second-order valence-corrected chi connectivity index (χ2v) is 9.85. The van der Waals surface area contributed by atoms with Crippen molar-refractivity contribution in [2.75, 3.05) is 42.5 Å². The van der Waals surface area contributed by atoms with Crippen LogP contribution in [-0.2, 0) is 11.2 Å². The van der Waals surface area contributed by atoms with E-state index in [4.69, 9.17) is 11.6 Å². The third kappa shape index (κ3) is 6.24. The van der Waals surface area contributed by atoms with Crippen LogP contribution in [0.5, 0.6) is 0 Å². The molecular weight excluding hydrogens is 473 g/mol. The number of anilines is 2. The Balaban J connectivity index is 1.30. The Kier molecular flexibility index (Phi) is 8.00. The van der Waals surface area contributed by atoms with Crippen LogP contribution in [0.4, 0.5) is 15.2 Å². The number of carbonyl (C=O) groups excluding carboxylic acids is 1. The molecule has 1 aromatic heterocycles. The Morgan fingerprint density at radius 2 is 1.88 bits per heavy atom. The summed E-state index contributed by atoms with van der Waals surface area (Å²) in [6.45, 7) is 7.77. The molecule has 1 aliphatic heterocycles. The topological polar surface area (TPSA) is 52.6 Å². The normalized spacial score (nSPS) is 14.0. The number of amides is 1. The average Bonchev–Trinajstić information content (AvgIpc) is 3.28. The molecule has 0 aliphatic carbocycles. The Labute approximate surface area is 209 Å². The van der Waals surface area contributed by atoms with Gasteiger partial charge in [0.1, 0.15) is 11.6 Å². The number of aromatic nitrogens is 2. The van der Waals surface area contributed by atoms with Crippen molar-refractivity contribution in [3.05, 3.63) is 70.8 Å². The Hall–Kier alpha value is -2.71. The smallest absolute Gasteiger partial charge is 0.224 e. The lowest BCUT2D eigenvalue weighted by molar-refractivity contribution is -0.131. The number of piperazine rings is 1. The molecule has 180 valence electrons. The number of carbonyl (C=O) groups is 1. The molecule has 2 heterocycles. The second kappa shape index (κ2) is 11.1. The van der Waals surface area contributed by atoms with E-state index in [0.717, 1.165) is 34.5 Å². The van der Waals surface area contributed by atoms with Gasteiger partial charge in [-0.15, -0.1) is 0 Å². The highest BCUT2D eigenvalue weighted by Crippen LogP contribution is 2.23. The fourth-order valence-corrected chi connectivity index (χ4v) is 5.08. The summed E-state index contributed by atoms with van der Waals surface area (Å²) in [6.07, 6.45) is 0.987. The van der Waals surface area contributed by atoms with Crippen LogP contribution in [0.3, 0.4) is 0 Å².